The maximum Gasteiger partial charge on any atom is 0.319 e. The first-order valence-corrected chi connectivity index (χ1v) is 6.68. The van der Waals surface area contributed by atoms with E-state index in [9.17, 15) is 9.59 Å². The molecule has 20 heavy (non-hydrogen) atoms. The first-order chi connectivity index (χ1) is 9.52. The highest BCUT2D eigenvalue weighted by Crippen LogP contribution is 2.19. The van der Waals surface area contributed by atoms with Crippen LogP contribution in [0.3, 0.4) is 0 Å². The van der Waals surface area contributed by atoms with E-state index in [1.807, 2.05) is 32.0 Å². The number of anilines is 1. The second-order valence-corrected chi connectivity index (χ2v) is 4.91. The summed E-state index contributed by atoms with van der Waals surface area (Å²) in [7, 11) is 1.67. The smallest absolute Gasteiger partial charge is 0.319 e. The molecule has 2 aromatic rings. The molecule has 2 rings (SSSR count). The van der Waals surface area contributed by atoms with E-state index < -0.39 is 0 Å². The number of carbonyl (C=O) groups excluding carboxylic acids is 1. The summed E-state index contributed by atoms with van der Waals surface area (Å²) >= 11 is 0. The third-order valence-corrected chi connectivity index (χ3v) is 3.33. The molecule has 0 aliphatic heterocycles. The number of aryl methyl sites for hydroxylation is 1. The number of benzene rings is 1. The lowest BCUT2D eigenvalue weighted by Crippen LogP contribution is -2.36. The highest BCUT2D eigenvalue weighted by Gasteiger charge is 2.10. The fourth-order valence-electron chi connectivity index (χ4n) is 2.00. The zero-order valence-electron chi connectivity index (χ0n) is 11.9. The molecule has 0 saturated heterocycles. The van der Waals surface area contributed by atoms with Crippen LogP contribution in [0.2, 0.25) is 0 Å². The minimum Gasteiger partial charge on any atom is -0.335 e. The van der Waals surface area contributed by atoms with E-state index in [2.05, 4.69) is 10.6 Å². The van der Waals surface area contributed by atoms with Crippen LogP contribution in [0.15, 0.2) is 35.3 Å². The Balaban J connectivity index is 2.38. The Kier molecular flexibility index (Phi) is 4.08. The lowest BCUT2D eigenvalue weighted by molar-refractivity contribution is 0.249. The van der Waals surface area contributed by atoms with Crippen LogP contribution in [0.1, 0.15) is 20.3 Å². The fourth-order valence-corrected chi connectivity index (χ4v) is 2.00. The molecule has 0 bridgehead atoms. The Morgan fingerprint density at radius 2 is 1.95 bits per heavy atom. The molecule has 0 spiro atoms. The molecule has 1 unspecified atom stereocenters. The zero-order valence-corrected chi connectivity index (χ0v) is 11.9. The maximum absolute atomic E-state index is 12.0. The van der Waals surface area contributed by atoms with Crippen molar-refractivity contribution in [3.63, 3.8) is 0 Å². The minimum absolute atomic E-state index is 0.0755. The van der Waals surface area contributed by atoms with Crippen LogP contribution in [0, 0.1) is 0 Å². The summed E-state index contributed by atoms with van der Waals surface area (Å²) in [5.74, 6) is 0. The number of pyridine rings is 1. The lowest BCUT2D eigenvalue weighted by Gasteiger charge is -2.14. The summed E-state index contributed by atoms with van der Waals surface area (Å²) in [5.41, 5.74) is 0.553. The highest BCUT2D eigenvalue weighted by molar-refractivity contribution is 6.00. The van der Waals surface area contributed by atoms with Crippen molar-refractivity contribution in [3.8, 4) is 0 Å². The number of urea groups is 1. The number of amides is 2. The Hall–Kier alpha value is -2.30. The lowest BCUT2D eigenvalue weighted by atomic mass is 10.1. The second kappa shape index (κ2) is 5.77. The third-order valence-electron chi connectivity index (χ3n) is 3.33. The van der Waals surface area contributed by atoms with E-state index in [1.54, 1.807) is 19.3 Å². The standard InChI is InChI=1S/C15H19N3O2/c1-4-10(2)16-15(20)17-13-9-18(3)14(19)12-8-6-5-7-11(12)13/h5-10H,4H2,1-3H3,(H2,16,17,20). The molecule has 5 nitrogen and oxygen atoms in total. The summed E-state index contributed by atoms with van der Waals surface area (Å²) in [5, 5.41) is 6.99. The summed E-state index contributed by atoms with van der Waals surface area (Å²) in [4.78, 5) is 23.9. The van der Waals surface area contributed by atoms with E-state index in [0.717, 1.165) is 11.8 Å². The monoisotopic (exact) mass is 273 g/mol. The number of nitrogens with one attached hydrogen (secondary N) is 2. The molecule has 0 radical (unpaired) electrons. The molecule has 2 N–H and O–H groups in total. The van der Waals surface area contributed by atoms with Crippen LogP contribution < -0.4 is 16.2 Å². The van der Waals surface area contributed by atoms with Crippen LogP contribution >= 0.6 is 0 Å². The number of carbonyl (C=O) groups is 1. The predicted molar refractivity (Wildman–Crippen MR) is 81.1 cm³/mol. The van der Waals surface area contributed by atoms with Crippen LogP contribution in [0.4, 0.5) is 10.5 Å². The van der Waals surface area contributed by atoms with Gasteiger partial charge in [-0.05, 0) is 19.4 Å². The average Bonchev–Trinajstić information content (AvgIpc) is 2.44. The molecule has 1 aromatic heterocycles. The van der Waals surface area contributed by atoms with Crippen molar-refractivity contribution >= 4 is 22.5 Å². The molecule has 2 amide bonds. The third kappa shape index (κ3) is 2.82. The average molecular weight is 273 g/mol. The Bertz CT molecular complexity index is 691. The molecule has 0 fully saturated rings. The van der Waals surface area contributed by atoms with Gasteiger partial charge in [0, 0.05) is 30.1 Å². The summed E-state index contributed by atoms with van der Waals surface area (Å²) in [6.07, 6.45) is 2.50. The molecule has 0 aliphatic carbocycles. The van der Waals surface area contributed by atoms with Gasteiger partial charge in [-0.2, -0.15) is 0 Å². The molecule has 5 heteroatoms. The molecule has 1 atom stereocenters. The van der Waals surface area contributed by atoms with E-state index in [0.29, 0.717) is 11.1 Å². The summed E-state index contributed by atoms with van der Waals surface area (Å²) in [6, 6.07) is 7.09. The minimum atomic E-state index is -0.261. The van der Waals surface area contributed by atoms with E-state index in [-0.39, 0.29) is 17.6 Å². The molecule has 106 valence electrons. The fraction of sp³-hybridized carbons (Fsp3) is 0.333. The number of rotatable bonds is 3. The van der Waals surface area contributed by atoms with Gasteiger partial charge >= 0.3 is 6.03 Å². The van der Waals surface area contributed by atoms with Gasteiger partial charge in [0.2, 0.25) is 0 Å². The van der Waals surface area contributed by atoms with Crippen LogP contribution in [-0.2, 0) is 7.05 Å². The van der Waals surface area contributed by atoms with Crippen molar-refractivity contribution in [1.29, 1.82) is 0 Å². The second-order valence-electron chi connectivity index (χ2n) is 4.91. The van der Waals surface area contributed by atoms with Crippen LogP contribution in [-0.4, -0.2) is 16.6 Å². The summed E-state index contributed by atoms with van der Waals surface area (Å²) < 4.78 is 1.47. The number of fused-ring (bicyclic) bond motifs is 1. The molecule has 1 aromatic carbocycles. The van der Waals surface area contributed by atoms with Gasteiger partial charge in [0.1, 0.15) is 0 Å². The van der Waals surface area contributed by atoms with Gasteiger partial charge < -0.3 is 15.2 Å². The Morgan fingerprint density at radius 3 is 2.60 bits per heavy atom. The number of hydrogen-bond donors (Lipinski definition) is 2. The molecular weight excluding hydrogens is 254 g/mol. The SMILES string of the molecule is CCC(C)NC(=O)Nc1cn(C)c(=O)c2ccccc12. The zero-order chi connectivity index (χ0) is 14.7. The number of aromatic nitrogens is 1. The van der Waals surface area contributed by atoms with Gasteiger partial charge in [0.05, 0.1) is 5.69 Å². The topological polar surface area (TPSA) is 63.1 Å². The van der Waals surface area contributed by atoms with Gasteiger partial charge in [-0.1, -0.05) is 25.1 Å². The first kappa shape index (κ1) is 14.1. The largest absolute Gasteiger partial charge is 0.335 e. The first-order valence-electron chi connectivity index (χ1n) is 6.68. The quantitative estimate of drug-likeness (QED) is 0.902. The number of hydrogen-bond acceptors (Lipinski definition) is 2. The molecule has 0 saturated carbocycles. The van der Waals surface area contributed by atoms with Crippen molar-refractivity contribution in [1.82, 2.24) is 9.88 Å². The summed E-state index contributed by atoms with van der Waals surface area (Å²) in [6.45, 7) is 3.95. The van der Waals surface area contributed by atoms with Gasteiger partial charge in [-0.15, -0.1) is 0 Å². The van der Waals surface area contributed by atoms with Crippen LogP contribution in [0.25, 0.3) is 10.8 Å². The number of nitrogens with zero attached hydrogens (tertiary/aromatic N) is 1. The highest BCUT2D eigenvalue weighted by atomic mass is 16.2. The maximum atomic E-state index is 12.0. The normalized spacial score (nSPS) is 12.2. The van der Waals surface area contributed by atoms with Crippen molar-refractivity contribution in [2.45, 2.75) is 26.3 Å². The van der Waals surface area contributed by atoms with Gasteiger partial charge in [-0.25, -0.2) is 4.79 Å². The Labute approximate surface area is 117 Å². The van der Waals surface area contributed by atoms with Crippen molar-refractivity contribution in [2.24, 2.45) is 7.05 Å². The molecular formula is C15H19N3O2. The van der Waals surface area contributed by atoms with E-state index in [1.165, 1.54) is 4.57 Å². The Morgan fingerprint density at radius 1 is 1.30 bits per heavy atom. The van der Waals surface area contributed by atoms with E-state index >= 15 is 0 Å². The molecule has 1 heterocycles. The van der Waals surface area contributed by atoms with Crippen molar-refractivity contribution < 1.29 is 4.79 Å². The van der Waals surface area contributed by atoms with Crippen molar-refractivity contribution in [2.75, 3.05) is 5.32 Å². The van der Waals surface area contributed by atoms with Crippen LogP contribution in [0.5, 0.6) is 0 Å². The molecule has 0 aliphatic rings. The van der Waals surface area contributed by atoms with Gasteiger partial charge in [0.15, 0.2) is 0 Å². The van der Waals surface area contributed by atoms with Gasteiger partial charge in [-0.3, -0.25) is 4.79 Å². The van der Waals surface area contributed by atoms with Gasteiger partial charge in [0.25, 0.3) is 5.56 Å². The van der Waals surface area contributed by atoms with E-state index in [4.69, 9.17) is 0 Å². The predicted octanol–water partition coefficient (Wildman–Crippen LogP) is 2.46. The van der Waals surface area contributed by atoms with Crippen molar-refractivity contribution in [3.05, 3.63) is 40.8 Å².